The number of piperazine rings is 1. The second-order valence-electron chi connectivity index (χ2n) is 7.99. The molecule has 0 spiro atoms. The Hall–Kier alpha value is -1.59. The highest BCUT2D eigenvalue weighted by molar-refractivity contribution is 5.79. The summed E-state index contributed by atoms with van der Waals surface area (Å²) in [6.07, 6.45) is 2.60. The molecule has 1 aromatic rings. The first kappa shape index (κ1) is 19.2. The van der Waals surface area contributed by atoms with Crippen LogP contribution in [-0.4, -0.2) is 74.0 Å². The van der Waals surface area contributed by atoms with E-state index in [9.17, 15) is 0 Å². The molecule has 0 aliphatic carbocycles. The number of aliphatic imine (C=N–C) groups is 1. The van der Waals surface area contributed by atoms with E-state index in [0.29, 0.717) is 0 Å². The van der Waals surface area contributed by atoms with Crippen molar-refractivity contribution in [2.24, 2.45) is 10.9 Å². The Balaban J connectivity index is 1.47. The fourth-order valence-electron chi connectivity index (χ4n) is 3.92. The standard InChI is InChI=1S/C21H35N5/c1-18-5-4-10-26(16-18)21(22-2)23-15-19-6-8-20(9-7-19)17-25-13-11-24(3)12-14-25/h6-9,18H,4-5,10-17H2,1-3H3,(H,22,23). The van der Waals surface area contributed by atoms with E-state index >= 15 is 0 Å². The molecule has 0 saturated carbocycles. The van der Waals surface area contributed by atoms with E-state index in [0.717, 1.165) is 38.1 Å². The monoisotopic (exact) mass is 357 g/mol. The SMILES string of the molecule is CN=C(NCc1ccc(CN2CCN(C)CC2)cc1)N1CCCC(C)C1. The number of hydrogen-bond donors (Lipinski definition) is 1. The number of nitrogens with one attached hydrogen (secondary N) is 1. The quantitative estimate of drug-likeness (QED) is 0.662. The summed E-state index contributed by atoms with van der Waals surface area (Å²) in [6, 6.07) is 9.07. The van der Waals surface area contributed by atoms with Gasteiger partial charge < -0.3 is 15.1 Å². The third-order valence-electron chi connectivity index (χ3n) is 5.64. The minimum Gasteiger partial charge on any atom is -0.352 e. The van der Waals surface area contributed by atoms with Gasteiger partial charge in [0.05, 0.1) is 0 Å². The molecule has 5 nitrogen and oxygen atoms in total. The number of rotatable bonds is 4. The van der Waals surface area contributed by atoms with Crippen molar-refractivity contribution in [1.29, 1.82) is 0 Å². The molecule has 0 amide bonds. The van der Waals surface area contributed by atoms with Crippen molar-refractivity contribution in [2.45, 2.75) is 32.9 Å². The summed E-state index contributed by atoms with van der Waals surface area (Å²) >= 11 is 0. The molecule has 144 valence electrons. The second-order valence-corrected chi connectivity index (χ2v) is 7.99. The van der Waals surface area contributed by atoms with Crippen LogP contribution in [0.5, 0.6) is 0 Å². The van der Waals surface area contributed by atoms with Gasteiger partial charge in [-0.05, 0) is 36.9 Å². The molecule has 2 fully saturated rings. The lowest BCUT2D eigenvalue weighted by Crippen LogP contribution is -2.45. The zero-order valence-corrected chi connectivity index (χ0v) is 16.7. The predicted octanol–water partition coefficient (Wildman–Crippen LogP) is 2.24. The molecule has 1 N–H and O–H groups in total. The molecule has 3 rings (SSSR count). The van der Waals surface area contributed by atoms with E-state index in [4.69, 9.17) is 0 Å². The van der Waals surface area contributed by atoms with Gasteiger partial charge in [-0.1, -0.05) is 31.2 Å². The predicted molar refractivity (Wildman–Crippen MR) is 109 cm³/mol. The smallest absolute Gasteiger partial charge is 0.193 e. The van der Waals surface area contributed by atoms with Crippen molar-refractivity contribution in [2.75, 3.05) is 53.4 Å². The lowest BCUT2D eigenvalue weighted by molar-refractivity contribution is 0.148. The van der Waals surface area contributed by atoms with Crippen molar-refractivity contribution < 1.29 is 0 Å². The van der Waals surface area contributed by atoms with Gasteiger partial charge in [0, 0.05) is 59.4 Å². The Labute approximate surface area is 159 Å². The van der Waals surface area contributed by atoms with E-state index in [1.54, 1.807) is 0 Å². The van der Waals surface area contributed by atoms with Gasteiger partial charge in [-0.15, -0.1) is 0 Å². The lowest BCUT2D eigenvalue weighted by Gasteiger charge is -2.33. The van der Waals surface area contributed by atoms with Crippen LogP contribution in [0.25, 0.3) is 0 Å². The number of piperidine rings is 1. The van der Waals surface area contributed by atoms with Crippen LogP contribution in [-0.2, 0) is 13.1 Å². The molecular formula is C21H35N5. The Kier molecular flexibility index (Phi) is 6.92. The van der Waals surface area contributed by atoms with Gasteiger partial charge in [-0.25, -0.2) is 0 Å². The molecule has 0 aromatic heterocycles. The van der Waals surface area contributed by atoms with Gasteiger partial charge in [-0.3, -0.25) is 9.89 Å². The van der Waals surface area contributed by atoms with E-state index in [2.05, 4.69) is 63.2 Å². The van der Waals surface area contributed by atoms with E-state index in [1.165, 1.54) is 50.1 Å². The minimum absolute atomic E-state index is 0.760. The summed E-state index contributed by atoms with van der Waals surface area (Å²) in [5.41, 5.74) is 2.73. The molecule has 0 radical (unpaired) electrons. The number of likely N-dealkylation sites (N-methyl/N-ethyl adjacent to an activating group) is 1. The number of likely N-dealkylation sites (tertiary alicyclic amines) is 1. The van der Waals surface area contributed by atoms with Crippen LogP contribution in [0.2, 0.25) is 0 Å². The molecule has 1 aromatic carbocycles. The summed E-state index contributed by atoms with van der Waals surface area (Å²) < 4.78 is 0. The first-order valence-electron chi connectivity index (χ1n) is 10.1. The zero-order valence-electron chi connectivity index (χ0n) is 16.7. The van der Waals surface area contributed by atoms with Crippen molar-refractivity contribution >= 4 is 5.96 Å². The Morgan fingerprint density at radius 3 is 2.42 bits per heavy atom. The summed E-state index contributed by atoms with van der Waals surface area (Å²) in [4.78, 5) is 11.8. The van der Waals surface area contributed by atoms with Crippen molar-refractivity contribution in [3.05, 3.63) is 35.4 Å². The fraction of sp³-hybridized carbons (Fsp3) is 0.667. The van der Waals surface area contributed by atoms with Gasteiger partial charge >= 0.3 is 0 Å². The third-order valence-corrected chi connectivity index (χ3v) is 5.64. The zero-order chi connectivity index (χ0) is 18.4. The summed E-state index contributed by atoms with van der Waals surface area (Å²) in [7, 11) is 4.10. The topological polar surface area (TPSA) is 34.1 Å². The van der Waals surface area contributed by atoms with Crippen molar-refractivity contribution in [3.63, 3.8) is 0 Å². The fourth-order valence-corrected chi connectivity index (χ4v) is 3.92. The van der Waals surface area contributed by atoms with Crippen LogP contribution in [0.4, 0.5) is 0 Å². The Morgan fingerprint density at radius 1 is 1.08 bits per heavy atom. The van der Waals surface area contributed by atoms with E-state index < -0.39 is 0 Å². The highest BCUT2D eigenvalue weighted by Gasteiger charge is 2.19. The van der Waals surface area contributed by atoms with Crippen LogP contribution < -0.4 is 5.32 Å². The molecule has 2 heterocycles. The molecular weight excluding hydrogens is 322 g/mol. The number of benzene rings is 1. The lowest BCUT2D eigenvalue weighted by atomic mass is 10.0. The molecule has 2 aliphatic heterocycles. The molecule has 26 heavy (non-hydrogen) atoms. The maximum absolute atomic E-state index is 4.48. The summed E-state index contributed by atoms with van der Waals surface area (Å²) in [5, 5.41) is 3.54. The third kappa shape index (κ3) is 5.45. The highest BCUT2D eigenvalue weighted by Crippen LogP contribution is 2.15. The number of nitrogens with zero attached hydrogens (tertiary/aromatic N) is 4. The normalized spacial score (nSPS) is 23.3. The van der Waals surface area contributed by atoms with E-state index in [-0.39, 0.29) is 0 Å². The number of hydrogen-bond acceptors (Lipinski definition) is 3. The van der Waals surface area contributed by atoms with Gasteiger partial charge in [0.1, 0.15) is 0 Å². The molecule has 1 atom stereocenters. The van der Waals surface area contributed by atoms with Crippen LogP contribution in [0.1, 0.15) is 30.9 Å². The first-order chi connectivity index (χ1) is 12.6. The van der Waals surface area contributed by atoms with Crippen LogP contribution in [0.3, 0.4) is 0 Å². The largest absolute Gasteiger partial charge is 0.352 e. The van der Waals surface area contributed by atoms with Gasteiger partial charge in [0.15, 0.2) is 5.96 Å². The molecule has 0 bridgehead atoms. The minimum atomic E-state index is 0.760. The van der Waals surface area contributed by atoms with Crippen molar-refractivity contribution in [1.82, 2.24) is 20.0 Å². The molecule has 2 saturated heterocycles. The number of guanidine groups is 1. The average molecular weight is 358 g/mol. The van der Waals surface area contributed by atoms with Crippen molar-refractivity contribution in [3.8, 4) is 0 Å². The van der Waals surface area contributed by atoms with E-state index in [1.807, 2.05) is 7.05 Å². The molecule has 1 unspecified atom stereocenters. The highest BCUT2D eigenvalue weighted by atomic mass is 15.3. The van der Waals surface area contributed by atoms with Crippen LogP contribution in [0, 0.1) is 5.92 Å². The maximum atomic E-state index is 4.48. The Morgan fingerprint density at radius 2 is 1.77 bits per heavy atom. The second kappa shape index (κ2) is 9.38. The average Bonchev–Trinajstić information content (AvgIpc) is 2.65. The first-order valence-corrected chi connectivity index (χ1v) is 10.1. The molecule has 2 aliphatic rings. The van der Waals surface area contributed by atoms with Gasteiger partial charge in [0.25, 0.3) is 0 Å². The maximum Gasteiger partial charge on any atom is 0.193 e. The summed E-state index contributed by atoms with van der Waals surface area (Å²) in [6.45, 7) is 11.2. The van der Waals surface area contributed by atoms with Gasteiger partial charge in [-0.2, -0.15) is 0 Å². The van der Waals surface area contributed by atoms with Gasteiger partial charge in [0.2, 0.25) is 0 Å². The Bertz CT molecular complexity index is 575. The van der Waals surface area contributed by atoms with Crippen LogP contribution >= 0.6 is 0 Å². The summed E-state index contributed by atoms with van der Waals surface area (Å²) in [5.74, 6) is 1.80. The molecule has 5 heteroatoms. The van der Waals surface area contributed by atoms with Crippen LogP contribution in [0.15, 0.2) is 29.3 Å².